The largest absolute Gasteiger partial charge is 0.325 e. The maximum absolute atomic E-state index is 4.98. The molecule has 2 aliphatic heterocycles. The molecular weight excluding hydrogens is 258 g/mol. The Hall–Kier alpha value is -1.35. The van der Waals surface area contributed by atoms with Gasteiger partial charge in [0.25, 0.3) is 0 Å². The molecule has 0 amide bonds. The number of hydrogen-bond acceptors (Lipinski definition) is 2. The van der Waals surface area contributed by atoms with E-state index in [1.165, 1.54) is 61.8 Å². The van der Waals surface area contributed by atoms with Gasteiger partial charge in [0.2, 0.25) is 0 Å². The van der Waals surface area contributed by atoms with Crippen LogP contribution < -0.4 is 5.32 Å². The number of rotatable bonds is 3. The van der Waals surface area contributed by atoms with Gasteiger partial charge in [-0.25, -0.2) is 4.98 Å². The molecule has 2 atom stereocenters. The Bertz CT molecular complexity index is 658. The minimum absolute atomic E-state index is 0.728. The zero-order valence-electron chi connectivity index (χ0n) is 12.5. The molecule has 1 saturated carbocycles. The van der Waals surface area contributed by atoms with Gasteiger partial charge in [0.05, 0.1) is 11.0 Å². The van der Waals surface area contributed by atoms with Crippen molar-refractivity contribution in [1.29, 1.82) is 0 Å². The van der Waals surface area contributed by atoms with E-state index in [-0.39, 0.29) is 0 Å². The Kier molecular flexibility index (Phi) is 2.66. The summed E-state index contributed by atoms with van der Waals surface area (Å²) in [5, 5.41) is 3.76. The van der Waals surface area contributed by atoms with Crippen molar-refractivity contribution in [2.24, 2.45) is 5.92 Å². The summed E-state index contributed by atoms with van der Waals surface area (Å²) in [4.78, 5) is 4.98. The second-order valence-electron chi connectivity index (χ2n) is 7.30. The average Bonchev–Trinajstić information content (AvgIpc) is 3.18. The minimum Gasteiger partial charge on any atom is -0.325 e. The standard InChI is InChI=1S/C18H23N3/c1-2-4-17-16(3-1)20-18(21(17)15-7-8-15)11-12-9-13-5-6-14(10-12)19-13/h1-4,12-15,19H,5-11H2. The van der Waals surface area contributed by atoms with Gasteiger partial charge >= 0.3 is 0 Å². The van der Waals surface area contributed by atoms with Crippen LogP contribution in [0.1, 0.15) is 50.4 Å². The number of benzene rings is 1. The van der Waals surface area contributed by atoms with Gasteiger partial charge in [0.1, 0.15) is 5.82 Å². The van der Waals surface area contributed by atoms with Gasteiger partial charge in [-0.05, 0) is 56.6 Å². The first-order chi connectivity index (χ1) is 10.4. The van der Waals surface area contributed by atoms with Crippen molar-refractivity contribution in [3.05, 3.63) is 30.1 Å². The number of piperidine rings is 1. The van der Waals surface area contributed by atoms with Crippen LogP contribution in [0.25, 0.3) is 11.0 Å². The number of imidazole rings is 1. The first kappa shape index (κ1) is 12.2. The Morgan fingerprint density at radius 2 is 1.81 bits per heavy atom. The number of nitrogens with zero attached hydrogens (tertiary/aromatic N) is 2. The van der Waals surface area contributed by atoms with Gasteiger partial charge < -0.3 is 9.88 Å². The Morgan fingerprint density at radius 3 is 2.57 bits per heavy atom. The highest BCUT2D eigenvalue weighted by atomic mass is 15.1. The van der Waals surface area contributed by atoms with Crippen molar-refractivity contribution < 1.29 is 0 Å². The molecule has 3 fully saturated rings. The molecule has 2 aromatic rings. The van der Waals surface area contributed by atoms with E-state index in [2.05, 4.69) is 34.1 Å². The zero-order chi connectivity index (χ0) is 13.8. The van der Waals surface area contributed by atoms with Crippen LogP contribution in [-0.2, 0) is 6.42 Å². The fraction of sp³-hybridized carbons (Fsp3) is 0.611. The molecular formula is C18H23N3. The van der Waals surface area contributed by atoms with Crippen LogP contribution in [0.4, 0.5) is 0 Å². The van der Waals surface area contributed by atoms with Crippen LogP contribution in [0.5, 0.6) is 0 Å². The van der Waals surface area contributed by atoms with E-state index in [1.807, 2.05) is 0 Å². The number of aromatic nitrogens is 2. The topological polar surface area (TPSA) is 29.9 Å². The number of nitrogens with one attached hydrogen (secondary N) is 1. The van der Waals surface area contributed by atoms with Crippen molar-refractivity contribution in [2.75, 3.05) is 0 Å². The highest BCUT2D eigenvalue weighted by molar-refractivity contribution is 5.76. The smallest absolute Gasteiger partial charge is 0.110 e. The Balaban J connectivity index is 1.48. The van der Waals surface area contributed by atoms with E-state index in [0.717, 1.165) is 24.0 Å². The second kappa shape index (κ2) is 4.57. The predicted octanol–water partition coefficient (Wildman–Crippen LogP) is 3.44. The van der Waals surface area contributed by atoms with Gasteiger partial charge in [0.15, 0.2) is 0 Å². The molecule has 2 bridgehead atoms. The Labute approximate surface area is 125 Å². The Morgan fingerprint density at radius 1 is 1.05 bits per heavy atom. The maximum Gasteiger partial charge on any atom is 0.110 e. The van der Waals surface area contributed by atoms with Crippen LogP contribution in [0.15, 0.2) is 24.3 Å². The summed E-state index contributed by atoms with van der Waals surface area (Å²) in [6, 6.07) is 11.0. The van der Waals surface area contributed by atoms with E-state index in [0.29, 0.717) is 0 Å². The lowest BCUT2D eigenvalue weighted by molar-refractivity contribution is 0.293. The van der Waals surface area contributed by atoms with Crippen LogP contribution in [0.3, 0.4) is 0 Å². The summed E-state index contributed by atoms with van der Waals surface area (Å²) < 4.78 is 2.55. The van der Waals surface area contributed by atoms with E-state index in [4.69, 9.17) is 4.98 Å². The molecule has 0 spiro atoms. The molecule has 1 aromatic carbocycles. The minimum atomic E-state index is 0.728. The molecule has 3 heteroatoms. The first-order valence-electron chi connectivity index (χ1n) is 8.59. The number of para-hydroxylation sites is 2. The molecule has 1 N–H and O–H groups in total. The van der Waals surface area contributed by atoms with E-state index < -0.39 is 0 Å². The molecule has 3 nitrogen and oxygen atoms in total. The second-order valence-corrected chi connectivity index (χ2v) is 7.30. The summed E-state index contributed by atoms with van der Waals surface area (Å²) in [5.41, 5.74) is 2.54. The molecule has 5 rings (SSSR count). The van der Waals surface area contributed by atoms with Crippen LogP contribution >= 0.6 is 0 Å². The quantitative estimate of drug-likeness (QED) is 0.934. The lowest BCUT2D eigenvalue weighted by Crippen LogP contribution is -2.38. The fourth-order valence-corrected chi connectivity index (χ4v) is 4.58. The fourth-order valence-electron chi connectivity index (χ4n) is 4.58. The van der Waals surface area contributed by atoms with Gasteiger partial charge in [0, 0.05) is 24.5 Å². The predicted molar refractivity (Wildman–Crippen MR) is 84.4 cm³/mol. The molecule has 1 aliphatic carbocycles. The molecule has 1 aromatic heterocycles. The molecule has 3 aliphatic rings. The summed E-state index contributed by atoms with van der Waals surface area (Å²) in [6.07, 6.45) is 9.34. The highest BCUT2D eigenvalue weighted by Gasteiger charge is 2.35. The molecule has 3 heterocycles. The SMILES string of the molecule is c1ccc2c(c1)nc(CC1CC3CCC(C1)N3)n2C1CC1. The molecule has 110 valence electrons. The van der Waals surface area contributed by atoms with Crippen molar-refractivity contribution >= 4 is 11.0 Å². The normalized spacial score (nSPS) is 31.9. The third kappa shape index (κ3) is 2.10. The highest BCUT2D eigenvalue weighted by Crippen LogP contribution is 2.40. The summed E-state index contributed by atoms with van der Waals surface area (Å²) in [6.45, 7) is 0. The lowest BCUT2D eigenvalue weighted by atomic mass is 9.89. The summed E-state index contributed by atoms with van der Waals surface area (Å²) in [5.74, 6) is 2.18. The average molecular weight is 281 g/mol. The van der Waals surface area contributed by atoms with Crippen LogP contribution in [0, 0.1) is 5.92 Å². The van der Waals surface area contributed by atoms with Crippen LogP contribution in [-0.4, -0.2) is 21.6 Å². The first-order valence-corrected chi connectivity index (χ1v) is 8.59. The van der Waals surface area contributed by atoms with Crippen molar-refractivity contribution in [3.63, 3.8) is 0 Å². The molecule has 2 unspecified atom stereocenters. The number of fused-ring (bicyclic) bond motifs is 3. The summed E-state index contributed by atoms with van der Waals surface area (Å²) in [7, 11) is 0. The van der Waals surface area contributed by atoms with Crippen molar-refractivity contribution in [1.82, 2.24) is 14.9 Å². The van der Waals surface area contributed by atoms with Gasteiger partial charge in [-0.1, -0.05) is 12.1 Å². The molecule has 2 saturated heterocycles. The van der Waals surface area contributed by atoms with E-state index in [9.17, 15) is 0 Å². The van der Waals surface area contributed by atoms with Gasteiger partial charge in [-0.2, -0.15) is 0 Å². The van der Waals surface area contributed by atoms with Gasteiger partial charge in [-0.15, -0.1) is 0 Å². The van der Waals surface area contributed by atoms with Crippen molar-refractivity contribution in [2.45, 2.75) is 63.1 Å². The molecule has 0 radical (unpaired) electrons. The zero-order valence-corrected chi connectivity index (χ0v) is 12.5. The third-order valence-electron chi connectivity index (χ3n) is 5.62. The van der Waals surface area contributed by atoms with Crippen molar-refractivity contribution in [3.8, 4) is 0 Å². The van der Waals surface area contributed by atoms with Crippen LogP contribution in [0.2, 0.25) is 0 Å². The summed E-state index contributed by atoms with van der Waals surface area (Å²) >= 11 is 0. The molecule has 21 heavy (non-hydrogen) atoms. The maximum atomic E-state index is 4.98. The monoisotopic (exact) mass is 281 g/mol. The van der Waals surface area contributed by atoms with Gasteiger partial charge in [-0.3, -0.25) is 0 Å². The van der Waals surface area contributed by atoms with E-state index >= 15 is 0 Å². The van der Waals surface area contributed by atoms with E-state index in [1.54, 1.807) is 0 Å². The number of hydrogen-bond donors (Lipinski definition) is 1. The lowest BCUT2D eigenvalue weighted by Gasteiger charge is -2.29. The third-order valence-corrected chi connectivity index (χ3v) is 5.62.